The largest absolute Gasteiger partial charge is 0.300 e. The van der Waals surface area contributed by atoms with Crippen LogP contribution in [0.5, 0.6) is 0 Å². The van der Waals surface area contributed by atoms with Crippen LogP contribution in [0.4, 0.5) is 0 Å². The number of rotatable bonds is 1. The Morgan fingerprint density at radius 1 is 1.50 bits per heavy atom. The molecule has 3 heteroatoms. The summed E-state index contributed by atoms with van der Waals surface area (Å²) in [7, 11) is 0. The normalized spacial score (nSPS) is 26.8. The van der Waals surface area contributed by atoms with E-state index in [1.807, 2.05) is 17.8 Å². The third-order valence-corrected chi connectivity index (χ3v) is 4.05. The van der Waals surface area contributed by atoms with Gasteiger partial charge in [-0.2, -0.15) is 0 Å². The van der Waals surface area contributed by atoms with Crippen molar-refractivity contribution in [3.8, 4) is 0 Å². The van der Waals surface area contributed by atoms with Gasteiger partial charge in [-0.3, -0.25) is 0 Å². The molecule has 0 aromatic heterocycles. The van der Waals surface area contributed by atoms with Gasteiger partial charge in [0.25, 0.3) is 0 Å². The van der Waals surface area contributed by atoms with Gasteiger partial charge in [0.2, 0.25) is 0 Å². The lowest BCUT2D eigenvalue weighted by Gasteiger charge is -2.12. The molecule has 1 heterocycles. The number of thioether (sulfide) groups is 1. The van der Waals surface area contributed by atoms with Crippen molar-refractivity contribution in [1.29, 1.82) is 0 Å². The van der Waals surface area contributed by atoms with Gasteiger partial charge in [0.05, 0.1) is 5.37 Å². The lowest BCUT2D eigenvalue weighted by Crippen LogP contribution is -2.14. The minimum atomic E-state index is 0.373. The summed E-state index contributed by atoms with van der Waals surface area (Å²) in [4.78, 5) is 0. The van der Waals surface area contributed by atoms with E-state index in [9.17, 15) is 0 Å². The number of hydrogen-bond donors (Lipinski definition) is 1. The summed E-state index contributed by atoms with van der Waals surface area (Å²) >= 11 is 8.15. The van der Waals surface area contributed by atoms with E-state index >= 15 is 0 Å². The summed E-state index contributed by atoms with van der Waals surface area (Å²) in [6.07, 6.45) is 0. The van der Waals surface area contributed by atoms with Gasteiger partial charge >= 0.3 is 0 Å². The van der Waals surface area contributed by atoms with Gasteiger partial charge < -0.3 is 5.32 Å². The number of hydrogen-bond acceptors (Lipinski definition) is 2. The summed E-state index contributed by atoms with van der Waals surface area (Å²) in [5.41, 5.74) is 2.43. The number of halogens is 1. The van der Waals surface area contributed by atoms with Crippen molar-refractivity contribution >= 4 is 23.4 Å². The van der Waals surface area contributed by atoms with E-state index in [1.165, 1.54) is 11.1 Å². The first-order chi connectivity index (χ1) is 6.66. The first kappa shape index (κ1) is 10.3. The molecule has 1 aromatic carbocycles. The fourth-order valence-electron chi connectivity index (χ4n) is 1.63. The Labute approximate surface area is 94.2 Å². The van der Waals surface area contributed by atoms with Crippen LogP contribution in [0.15, 0.2) is 18.2 Å². The Morgan fingerprint density at radius 3 is 2.86 bits per heavy atom. The molecule has 2 atom stereocenters. The van der Waals surface area contributed by atoms with Gasteiger partial charge in [-0.1, -0.05) is 30.7 Å². The smallest absolute Gasteiger partial charge is 0.0807 e. The monoisotopic (exact) mass is 227 g/mol. The van der Waals surface area contributed by atoms with Crippen LogP contribution in [0.25, 0.3) is 0 Å². The van der Waals surface area contributed by atoms with E-state index in [-0.39, 0.29) is 0 Å². The Balaban J connectivity index is 2.24. The highest BCUT2D eigenvalue weighted by atomic mass is 35.5. The standard InChI is InChI=1S/C11H14ClNS/c1-7-3-4-9(10(12)5-7)11-13-6-8(2)14-11/h3-5,8,11,13H,6H2,1-2H3. The van der Waals surface area contributed by atoms with Crippen molar-refractivity contribution in [3.63, 3.8) is 0 Å². The molecule has 1 aromatic rings. The average Bonchev–Trinajstić information content (AvgIpc) is 2.51. The molecule has 2 rings (SSSR count). The summed E-state index contributed by atoms with van der Waals surface area (Å²) < 4.78 is 0. The zero-order chi connectivity index (χ0) is 10.1. The van der Waals surface area contributed by atoms with Crippen molar-refractivity contribution in [2.24, 2.45) is 0 Å². The highest BCUT2D eigenvalue weighted by Crippen LogP contribution is 2.37. The molecule has 1 aliphatic rings. The summed E-state index contributed by atoms with van der Waals surface area (Å²) in [6.45, 7) is 5.37. The molecule has 1 N–H and O–H groups in total. The average molecular weight is 228 g/mol. The number of nitrogens with one attached hydrogen (secondary N) is 1. The van der Waals surface area contributed by atoms with Crippen molar-refractivity contribution in [2.45, 2.75) is 24.5 Å². The van der Waals surface area contributed by atoms with Crippen LogP contribution in [-0.2, 0) is 0 Å². The molecule has 0 aliphatic carbocycles. The molecule has 0 saturated carbocycles. The van der Waals surface area contributed by atoms with E-state index < -0.39 is 0 Å². The lowest BCUT2D eigenvalue weighted by atomic mass is 10.1. The van der Waals surface area contributed by atoms with Crippen LogP contribution in [0.2, 0.25) is 5.02 Å². The van der Waals surface area contributed by atoms with Crippen molar-refractivity contribution in [1.82, 2.24) is 5.32 Å². The van der Waals surface area contributed by atoms with E-state index in [1.54, 1.807) is 0 Å². The fourth-order valence-corrected chi connectivity index (χ4v) is 3.24. The zero-order valence-electron chi connectivity index (χ0n) is 8.38. The van der Waals surface area contributed by atoms with Crippen LogP contribution in [0, 0.1) is 6.92 Å². The molecule has 0 amide bonds. The minimum Gasteiger partial charge on any atom is -0.300 e. The third-order valence-electron chi connectivity index (χ3n) is 2.40. The van der Waals surface area contributed by atoms with E-state index in [4.69, 9.17) is 11.6 Å². The third kappa shape index (κ3) is 2.08. The maximum absolute atomic E-state index is 6.20. The summed E-state index contributed by atoms with van der Waals surface area (Å²) in [5.74, 6) is 0. The summed E-state index contributed by atoms with van der Waals surface area (Å²) in [6, 6.07) is 6.27. The van der Waals surface area contributed by atoms with Crippen LogP contribution in [-0.4, -0.2) is 11.8 Å². The molecule has 0 radical (unpaired) electrons. The molecular formula is C11H14ClNS. The van der Waals surface area contributed by atoms with E-state index in [0.29, 0.717) is 10.6 Å². The Hall–Kier alpha value is -0.180. The molecule has 14 heavy (non-hydrogen) atoms. The second kappa shape index (κ2) is 4.13. The molecule has 1 nitrogen and oxygen atoms in total. The maximum Gasteiger partial charge on any atom is 0.0807 e. The Bertz CT molecular complexity index is 340. The van der Waals surface area contributed by atoms with Crippen LogP contribution in [0.1, 0.15) is 23.4 Å². The molecule has 76 valence electrons. The highest BCUT2D eigenvalue weighted by Gasteiger charge is 2.24. The Morgan fingerprint density at radius 2 is 2.29 bits per heavy atom. The van der Waals surface area contributed by atoms with Gasteiger partial charge in [0.1, 0.15) is 0 Å². The van der Waals surface area contributed by atoms with Crippen molar-refractivity contribution < 1.29 is 0 Å². The molecular weight excluding hydrogens is 214 g/mol. The van der Waals surface area contributed by atoms with Crippen LogP contribution >= 0.6 is 23.4 Å². The number of benzene rings is 1. The molecule has 0 spiro atoms. The maximum atomic E-state index is 6.20. The van der Waals surface area contributed by atoms with Crippen LogP contribution < -0.4 is 5.32 Å². The summed E-state index contributed by atoms with van der Waals surface area (Å²) in [5, 5.41) is 5.39. The predicted octanol–water partition coefficient (Wildman–Crippen LogP) is 3.37. The molecule has 1 saturated heterocycles. The number of aryl methyl sites for hydroxylation is 1. The Kier molecular flexibility index (Phi) is 3.05. The van der Waals surface area contributed by atoms with Gasteiger partial charge in [-0.15, -0.1) is 11.8 Å². The van der Waals surface area contributed by atoms with Gasteiger partial charge in [-0.25, -0.2) is 0 Å². The fraction of sp³-hybridized carbons (Fsp3) is 0.455. The highest BCUT2D eigenvalue weighted by molar-refractivity contribution is 8.00. The molecule has 0 bridgehead atoms. The first-order valence-electron chi connectivity index (χ1n) is 4.81. The minimum absolute atomic E-state index is 0.373. The molecule has 2 unspecified atom stereocenters. The quantitative estimate of drug-likeness (QED) is 0.790. The molecule has 1 aliphatic heterocycles. The topological polar surface area (TPSA) is 12.0 Å². The van der Waals surface area contributed by atoms with E-state index in [2.05, 4.69) is 31.3 Å². The van der Waals surface area contributed by atoms with Crippen molar-refractivity contribution in [2.75, 3.05) is 6.54 Å². The van der Waals surface area contributed by atoms with Crippen LogP contribution in [0.3, 0.4) is 0 Å². The van der Waals surface area contributed by atoms with Gasteiger partial charge in [0.15, 0.2) is 0 Å². The second-order valence-corrected chi connectivity index (χ2v) is 5.72. The van der Waals surface area contributed by atoms with E-state index in [0.717, 1.165) is 11.6 Å². The lowest BCUT2D eigenvalue weighted by molar-refractivity contribution is 0.718. The second-order valence-electron chi connectivity index (χ2n) is 3.76. The SMILES string of the molecule is Cc1ccc(C2NCC(C)S2)c(Cl)c1. The first-order valence-corrected chi connectivity index (χ1v) is 6.14. The predicted molar refractivity (Wildman–Crippen MR) is 64.0 cm³/mol. The molecule has 1 fully saturated rings. The van der Waals surface area contributed by atoms with Crippen molar-refractivity contribution in [3.05, 3.63) is 34.3 Å². The zero-order valence-corrected chi connectivity index (χ0v) is 9.95. The van der Waals surface area contributed by atoms with Gasteiger partial charge in [-0.05, 0) is 24.1 Å². The van der Waals surface area contributed by atoms with Gasteiger partial charge in [0, 0.05) is 16.8 Å².